The number of hydrogen-bond acceptors (Lipinski definition) is 5. The topological polar surface area (TPSA) is 78.3 Å². The van der Waals surface area contributed by atoms with Crippen molar-refractivity contribution in [1.29, 1.82) is 0 Å². The Bertz CT molecular complexity index is 518. The van der Waals surface area contributed by atoms with E-state index in [0.717, 1.165) is 11.0 Å². The van der Waals surface area contributed by atoms with Gasteiger partial charge in [0.2, 0.25) is 0 Å². The molecule has 2 unspecified atom stereocenters. The van der Waals surface area contributed by atoms with Crippen molar-refractivity contribution in [3.63, 3.8) is 0 Å². The Morgan fingerprint density at radius 2 is 1.94 bits per heavy atom. The van der Waals surface area contributed by atoms with Crippen LogP contribution in [0.15, 0.2) is 30.5 Å². The van der Waals surface area contributed by atoms with Crippen molar-refractivity contribution in [2.75, 3.05) is 13.6 Å². The van der Waals surface area contributed by atoms with Crippen molar-refractivity contribution in [1.82, 2.24) is 15.3 Å². The quantitative estimate of drug-likeness (QED) is 0.722. The van der Waals surface area contributed by atoms with Crippen LogP contribution in [0.2, 0.25) is 0 Å². The number of hydrogen-bond donors (Lipinski definition) is 3. The van der Waals surface area contributed by atoms with Gasteiger partial charge in [0.15, 0.2) is 0 Å². The minimum atomic E-state index is -1.00. The van der Waals surface area contributed by atoms with Crippen molar-refractivity contribution in [3.8, 4) is 0 Å². The van der Waals surface area contributed by atoms with Crippen LogP contribution in [0.4, 0.5) is 0 Å². The molecular weight excluding hydrogens is 230 g/mol. The van der Waals surface area contributed by atoms with Crippen LogP contribution in [0.25, 0.3) is 11.0 Å². The van der Waals surface area contributed by atoms with Gasteiger partial charge in [0.1, 0.15) is 6.10 Å². The third kappa shape index (κ3) is 2.81. The molecule has 0 aliphatic rings. The molecule has 1 aromatic heterocycles. The lowest BCUT2D eigenvalue weighted by molar-refractivity contribution is 0.0115. The third-order valence-corrected chi connectivity index (χ3v) is 2.82. The molecule has 0 aliphatic carbocycles. The summed E-state index contributed by atoms with van der Waals surface area (Å²) in [4.78, 5) is 8.53. The molecule has 3 N–H and O–H groups in total. The Kier molecular flexibility index (Phi) is 4.19. The second kappa shape index (κ2) is 5.86. The second-order valence-corrected chi connectivity index (χ2v) is 4.19. The molecule has 0 radical (unpaired) electrons. The Morgan fingerprint density at radius 3 is 2.67 bits per heavy atom. The number of rotatable bonds is 5. The summed E-state index contributed by atoms with van der Waals surface area (Å²) in [6.45, 7) is 0.638. The minimum Gasteiger partial charge on any atom is -0.390 e. The molecule has 96 valence electrons. The number of para-hydroxylation sites is 2. The van der Waals surface area contributed by atoms with Gasteiger partial charge in [-0.15, -0.1) is 0 Å². The monoisotopic (exact) mass is 247 g/mol. The van der Waals surface area contributed by atoms with E-state index < -0.39 is 12.2 Å². The van der Waals surface area contributed by atoms with Gasteiger partial charge in [0.05, 0.1) is 29.0 Å². The van der Waals surface area contributed by atoms with Gasteiger partial charge in [-0.1, -0.05) is 12.1 Å². The van der Waals surface area contributed by atoms with Crippen LogP contribution in [-0.2, 0) is 0 Å². The maximum atomic E-state index is 9.99. The summed E-state index contributed by atoms with van der Waals surface area (Å²) >= 11 is 0. The Balaban J connectivity index is 2.19. The van der Waals surface area contributed by atoms with E-state index in [-0.39, 0.29) is 0 Å². The first-order valence-electron chi connectivity index (χ1n) is 5.95. The van der Waals surface area contributed by atoms with Crippen LogP contribution in [-0.4, -0.2) is 39.9 Å². The first-order chi connectivity index (χ1) is 8.72. The van der Waals surface area contributed by atoms with Gasteiger partial charge in [-0.05, 0) is 32.1 Å². The van der Waals surface area contributed by atoms with Crippen LogP contribution < -0.4 is 5.32 Å². The summed E-state index contributed by atoms with van der Waals surface area (Å²) in [5.41, 5.74) is 1.89. The number of aromatic nitrogens is 2. The van der Waals surface area contributed by atoms with Gasteiger partial charge in [0.25, 0.3) is 0 Å². The SMILES string of the molecule is CNCCC(O)C(O)c1cnc2ccccc2n1. The largest absolute Gasteiger partial charge is 0.390 e. The molecule has 2 aromatic rings. The first-order valence-corrected chi connectivity index (χ1v) is 5.95. The van der Waals surface area contributed by atoms with Gasteiger partial charge in [-0.2, -0.15) is 0 Å². The van der Waals surface area contributed by atoms with Crippen molar-refractivity contribution < 1.29 is 10.2 Å². The van der Waals surface area contributed by atoms with Crippen LogP contribution in [0.1, 0.15) is 18.2 Å². The zero-order valence-electron chi connectivity index (χ0n) is 10.2. The van der Waals surface area contributed by atoms with E-state index in [2.05, 4.69) is 15.3 Å². The number of nitrogens with zero attached hydrogens (tertiary/aromatic N) is 2. The summed E-state index contributed by atoms with van der Waals surface area (Å²) in [7, 11) is 1.80. The molecule has 1 aromatic carbocycles. The third-order valence-electron chi connectivity index (χ3n) is 2.82. The van der Waals surface area contributed by atoms with E-state index in [1.807, 2.05) is 24.3 Å². The highest BCUT2D eigenvalue weighted by atomic mass is 16.3. The zero-order chi connectivity index (χ0) is 13.0. The van der Waals surface area contributed by atoms with Gasteiger partial charge < -0.3 is 15.5 Å². The summed E-state index contributed by atoms with van der Waals surface area (Å²) < 4.78 is 0. The maximum absolute atomic E-state index is 9.99. The molecule has 0 bridgehead atoms. The number of fused-ring (bicyclic) bond motifs is 1. The van der Waals surface area contributed by atoms with Gasteiger partial charge >= 0.3 is 0 Å². The highest BCUT2D eigenvalue weighted by molar-refractivity contribution is 5.73. The minimum absolute atomic E-state index is 0.400. The maximum Gasteiger partial charge on any atom is 0.123 e. The average molecular weight is 247 g/mol. The fraction of sp³-hybridized carbons (Fsp3) is 0.385. The first kappa shape index (κ1) is 12.9. The van der Waals surface area contributed by atoms with E-state index in [9.17, 15) is 10.2 Å². The Labute approximate surface area is 106 Å². The highest BCUT2D eigenvalue weighted by Crippen LogP contribution is 2.18. The van der Waals surface area contributed by atoms with Gasteiger partial charge in [0, 0.05) is 0 Å². The molecule has 0 amide bonds. The van der Waals surface area contributed by atoms with Crippen LogP contribution in [0.5, 0.6) is 0 Å². The smallest absolute Gasteiger partial charge is 0.123 e. The molecule has 0 saturated heterocycles. The second-order valence-electron chi connectivity index (χ2n) is 4.19. The van der Waals surface area contributed by atoms with Crippen molar-refractivity contribution in [2.45, 2.75) is 18.6 Å². The van der Waals surface area contributed by atoms with Crippen LogP contribution in [0.3, 0.4) is 0 Å². The molecule has 1 heterocycles. The summed E-state index contributed by atoms with van der Waals surface area (Å²) in [6, 6.07) is 7.44. The van der Waals surface area contributed by atoms with E-state index in [1.54, 1.807) is 7.05 Å². The van der Waals surface area contributed by atoms with E-state index in [4.69, 9.17) is 0 Å². The molecule has 0 spiro atoms. The van der Waals surface area contributed by atoms with E-state index >= 15 is 0 Å². The standard InChI is InChI=1S/C13H17N3O2/c1-14-7-6-12(17)13(18)11-8-15-9-4-2-3-5-10(9)16-11/h2-5,8,12-14,17-18H,6-7H2,1H3. The fourth-order valence-electron chi connectivity index (χ4n) is 1.76. The molecule has 5 heteroatoms. The van der Waals surface area contributed by atoms with E-state index in [0.29, 0.717) is 18.7 Å². The molecule has 5 nitrogen and oxygen atoms in total. The molecule has 0 aliphatic heterocycles. The molecular formula is C13H17N3O2. The molecule has 0 saturated carbocycles. The Morgan fingerprint density at radius 1 is 1.22 bits per heavy atom. The molecule has 18 heavy (non-hydrogen) atoms. The van der Waals surface area contributed by atoms with Gasteiger partial charge in [-0.3, -0.25) is 4.98 Å². The van der Waals surface area contributed by atoms with Gasteiger partial charge in [-0.25, -0.2) is 4.98 Å². The predicted octanol–water partition coefficient (Wildman–Crippen LogP) is 0.634. The van der Waals surface area contributed by atoms with Crippen molar-refractivity contribution >= 4 is 11.0 Å². The van der Waals surface area contributed by atoms with Crippen molar-refractivity contribution in [2.24, 2.45) is 0 Å². The number of aliphatic hydroxyl groups is 2. The lowest BCUT2D eigenvalue weighted by Crippen LogP contribution is -2.24. The average Bonchev–Trinajstić information content (AvgIpc) is 2.43. The van der Waals surface area contributed by atoms with Crippen LogP contribution in [0, 0.1) is 0 Å². The summed E-state index contributed by atoms with van der Waals surface area (Å²) in [5, 5.41) is 22.7. The van der Waals surface area contributed by atoms with Crippen LogP contribution >= 0.6 is 0 Å². The molecule has 2 rings (SSSR count). The lowest BCUT2D eigenvalue weighted by Gasteiger charge is -2.17. The van der Waals surface area contributed by atoms with Crippen molar-refractivity contribution in [3.05, 3.63) is 36.2 Å². The number of benzene rings is 1. The number of nitrogens with one attached hydrogen (secondary N) is 1. The normalized spacial score (nSPS) is 14.6. The summed E-state index contributed by atoms with van der Waals surface area (Å²) in [6.07, 6.45) is 0.130. The Hall–Kier alpha value is -1.56. The molecule has 2 atom stereocenters. The lowest BCUT2D eigenvalue weighted by atomic mass is 10.1. The summed E-state index contributed by atoms with van der Waals surface area (Å²) in [5.74, 6) is 0. The predicted molar refractivity (Wildman–Crippen MR) is 69.0 cm³/mol. The molecule has 0 fully saturated rings. The zero-order valence-corrected chi connectivity index (χ0v) is 10.2. The van der Waals surface area contributed by atoms with E-state index in [1.165, 1.54) is 6.20 Å². The fourth-order valence-corrected chi connectivity index (χ4v) is 1.76. The number of aliphatic hydroxyl groups excluding tert-OH is 2. The highest BCUT2D eigenvalue weighted by Gasteiger charge is 2.19.